The molecule has 1 amide bonds. The van der Waals surface area contributed by atoms with Gasteiger partial charge in [0.25, 0.3) is 5.91 Å². The minimum Gasteiger partial charge on any atom is -0.330 e. The van der Waals surface area contributed by atoms with Crippen LogP contribution >= 0.6 is 12.2 Å². The van der Waals surface area contributed by atoms with Gasteiger partial charge in [0.15, 0.2) is 10.8 Å². The number of para-hydroxylation sites is 1. The van der Waals surface area contributed by atoms with Crippen LogP contribution in [0.3, 0.4) is 0 Å². The van der Waals surface area contributed by atoms with Crippen LogP contribution in [-0.2, 0) is 21.4 Å². The Kier molecular flexibility index (Phi) is 6.38. The van der Waals surface area contributed by atoms with Gasteiger partial charge in [-0.1, -0.05) is 42.5 Å². The molecule has 3 aromatic carbocycles. The Balaban J connectivity index is 1.61. The third-order valence-electron chi connectivity index (χ3n) is 5.01. The van der Waals surface area contributed by atoms with E-state index in [9.17, 15) is 18.5 Å². The van der Waals surface area contributed by atoms with Crippen molar-refractivity contribution in [3.63, 3.8) is 0 Å². The highest BCUT2D eigenvalue weighted by Gasteiger charge is 2.34. The van der Waals surface area contributed by atoms with Crippen molar-refractivity contribution < 1.29 is 13.2 Å². The zero-order valence-corrected chi connectivity index (χ0v) is 19.2. The highest BCUT2D eigenvalue weighted by atomic mass is 32.2. The van der Waals surface area contributed by atoms with Gasteiger partial charge in [0, 0.05) is 5.56 Å². The molecule has 4 N–H and O–H groups in total. The first kappa shape index (κ1) is 23.1. The summed E-state index contributed by atoms with van der Waals surface area (Å²) in [6.45, 7) is 0.321. The van der Waals surface area contributed by atoms with Gasteiger partial charge in [-0.15, -0.1) is 0 Å². The van der Waals surface area contributed by atoms with Crippen LogP contribution in [0.1, 0.15) is 16.7 Å². The molecule has 0 bridgehead atoms. The number of nitrogens with one attached hydrogen (secondary N) is 2. The van der Waals surface area contributed by atoms with E-state index >= 15 is 0 Å². The van der Waals surface area contributed by atoms with Crippen LogP contribution in [-0.4, -0.2) is 25.1 Å². The van der Waals surface area contributed by atoms with E-state index in [1.54, 1.807) is 29.2 Å². The molecule has 0 saturated heterocycles. The summed E-state index contributed by atoms with van der Waals surface area (Å²) in [7, 11) is -3.98. The van der Waals surface area contributed by atoms with Crippen molar-refractivity contribution in [3.8, 4) is 6.07 Å². The fraction of sp³-hybridized carbons (Fsp3) is 0.0435. The molecule has 0 aromatic heterocycles. The number of anilines is 2. The predicted octanol–water partition coefficient (Wildman–Crippen LogP) is 2.44. The van der Waals surface area contributed by atoms with Crippen molar-refractivity contribution in [1.29, 1.82) is 5.26 Å². The van der Waals surface area contributed by atoms with Crippen molar-refractivity contribution in [3.05, 3.63) is 89.5 Å². The molecule has 0 saturated carbocycles. The number of hydrogen-bond acceptors (Lipinski definition) is 6. The summed E-state index contributed by atoms with van der Waals surface area (Å²) < 4.78 is 23.6. The van der Waals surface area contributed by atoms with E-state index in [2.05, 4.69) is 21.9 Å². The number of fused-ring (bicyclic) bond motifs is 1. The fourth-order valence-corrected chi connectivity index (χ4v) is 4.34. The molecule has 0 fully saturated rings. The number of rotatable bonds is 5. The Morgan fingerprint density at radius 1 is 1.09 bits per heavy atom. The number of carbonyl (C=O) groups is 1. The second kappa shape index (κ2) is 9.40. The van der Waals surface area contributed by atoms with Gasteiger partial charge in [-0.05, 0) is 48.1 Å². The quantitative estimate of drug-likeness (QED) is 0.368. The number of thiocarbonyl (C=S) groups is 1. The highest BCUT2D eigenvalue weighted by Crippen LogP contribution is 2.31. The number of hydrogen-bond donors (Lipinski definition) is 3. The van der Waals surface area contributed by atoms with Crippen LogP contribution < -0.4 is 20.8 Å². The van der Waals surface area contributed by atoms with Crippen LogP contribution in [0.2, 0.25) is 0 Å². The van der Waals surface area contributed by atoms with E-state index in [0.717, 1.165) is 5.56 Å². The number of nitriles is 1. The van der Waals surface area contributed by atoms with Gasteiger partial charge in [0.2, 0.25) is 10.0 Å². The number of amides is 1. The molecule has 170 valence electrons. The molecule has 1 aliphatic rings. The van der Waals surface area contributed by atoms with Gasteiger partial charge >= 0.3 is 0 Å². The minimum atomic E-state index is -3.98. The van der Waals surface area contributed by atoms with Crippen LogP contribution in [0.4, 0.5) is 11.4 Å². The molecule has 1 heterocycles. The Hall–Kier alpha value is -4.11. The third-order valence-corrected chi connectivity index (χ3v) is 6.18. The fourth-order valence-electron chi connectivity index (χ4n) is 3.49. The largest absolute Gasteiger partial charge is 0.330 e. The zero-order chi connectivity index (χ0) is 24.3. The van der Waals surface area contributed by atoms with E-state index < -0.39 is 10.0 Å². The minimum absolute atomic E-state index is 0.0455. The van der Waals surface area contributed by atoms with E-state index in [4.69, 9.17) is 17.4 Å². The first-order valence-corrected chi connectivity index (χ1v) is 11.9. The summed E-state index contributed by atoms with van der Waals surface area (Å²) in [6.07, 6.45) is 0. The van der Waals surface area contributed by atoms with Crippen molar-refractivity contribution in [1.82, 2.24) is 5.43 Å². The van der Waals surface area contributed by atoms with Crippen molar-refractivity contribution in [2.75, 3.05) is 10.2 Å². The predicted molar refractivity (Wildman–Crippen MR) is 132 cm³/mol. The summed E-state index contributed by atoms with van der Waals surface area (Å²) in [6, 6.07) is 22.5. The maximum Gasteiger partial charge on any atom is 0.279 e. The molecule has 0 radical (unpaired) electrons. The molecule has 0 spiro atoms. The van der Waals surface area contributed by atoms with E-state index in [1.807, 2.05) is 30.3 Å². The Morgan fingerprint density at radius 3 is 2.50 bits per heavy atom. The molecular formula is C23H18N6O3S2. The molecule has 3 aromatic rings. The Labute approximate surface area is 201 Å². The maximum absolute atomic E-state index is 13.2. The lowest BCUT2D eigenvalue weighted by molar-refractivity contribution is -0.112. The summed E-state index contributed by atoms with van der Waals surface area (Å²) in [5.74, 6) is -0.367. The second-order valence-electron chi connectivity index (χ2n) is 7.29. The normalized spacial score (nSPS) is 13.9. The number of nitrogens with zero attached hydrogens (tertiary/aromatic N) is 3. The first-order valence-electron chi connectivity index (χ1n) is 9.95. The summed E-state index contributed by atoms with van der Waals surface area (Å²) in [5, 5.41) is 21.4. The third kappa shape index (κ3) is 4.79. The maximum atomic E-state index is 13.2. The summed E-state index contributed by atoms with van der Waals surface area (Å²) >= 11 is 5.23. The van der Waals surface area contributed by atoms with Crippen LogP contribution in [0, 0.1) is 11.3 Å². The van der Waals surface area contributed by atoms with Gasteiger partial charge in [-0.2, -0.15) is 10.4 Å². The van der Waals surface area contributed by atoms with E-state index in [0.29, 0.717) is 23.4 Å². The number of nitrogens with two attached hydrogens (primary N) is 1. The molecule has 4 rings (SSSR count). The lowest BCUT2D eigenvalue weighted by Gasteiger charge is -2.17. The standard InChI is InChI=1S/C23H18N6O3S2/c24-13-16-10-11-19-17(12-16)21(22(30)29(19)14-15-6-2-1-3-7-15)27-28-23(33)26-18-8-4-5-9-20(18)34(25,31)32/h1-12H,14H2,(H2,25,31,32)(H2,26,28,33). The van der Waals surface area contributed by atoms with Crippen LogP contribution in [0.5, 0.6) is 0 Å². The Morgan fingerprint density at radius 2 is 1.79 bits per heavy atom. The molecular weight excluding hydrogens is 472 g/mol. The molecule has 1 aliphatic heterocycles. The van der Waals surface area contributed by atoms with Crippen molar-refractivity contribution >= 4 is 50.3 Å². The van der Waals surface area contributed by atoms with E-state index in [-0.39, 0.29) is 27.3 Å². The van der Waals surface area contributed by atoms with Gasteiger partial charge in [0.1, 0.15) is 4.90 Å². The SMILES string of the molecule is N#Cc1ccc2c(c1)C(=NNC(=S)Nc1ccccc1S(N)(=O)=O)C(=O)N2Cc1ccccc1. The number of hydrazone groups is 1. The summed E-state index contributed by atoms with van der Waals surface area (Å²) in [5.41, 5.74) is 5.24. The molecule has 9 nitrogen and oxygen atoms in total. The lowest BCUT2D eigenvalue weighted by Crippen LogP contribution is -2.32. The number of primary sulfonamides is 1. The Bertz CT molecular complexity index is 1460. The molecule has 0 aliphatic carbocycles. The number of carbonyl (C=O) groups excluding carboxylic acids is 1. The molecule has 0 atom stereocenters. The topological polar surface area (TPSA) is 141 Å². The van der Waals surface area contributed by atoms with Crippen LogP contribution in [0.15, 0.2) is 82.8 Å². The second-order valence-corrected chi connectivity index (χ2v) is 9.23. The first-order chi connectivity index (χ1) is 16.3. The number of sulfonamides is 1. The van der Waals surface area contributed by atoms with Crippen molar-refractivity contribution in [2.45, 2.75) is 11.4 Å². The average molecular weight is 491 g/mol. The average Bonchev–Trinajstić information content (AvgIpc) is 3.08. The van der Waals surface area contributed by atoms with Gasteiger partial charge in [-0.25, -0.2) is 13.6 Å². The van der Waals surface area contributed by atoms with E-state index in [1.165, 1.54) is 18.2 Å². The van der Waals surface area contributed by atoms with Gasteiger partial charge in [-0.3, -0.25) is 10.2 Å². The number of benzene rings is 3. The van der Waals surface area contributed by atoms with Gasteiger partial charge in [0.05, 0.1) is 29.6 Å². The summed E-state index contributed by atoms with van der Waals surface area (Å²) in [4.78, 5) is 14.7. The van der Waals surface area contributed by atoms with Crippen molar-refractivity contribution in [2.24, 2.45) is 10.2 Å². The molecule has 0 unspecified atom stereocenters. The zero-order valence-electron chi connectivity index (χ0n) is 17.6. The molecule has 34 heavy (non-hydrogen) atoms. The molecule has 11 heteroatoms. The smallest absolute Gasteiger partial charge is 0.279 e. The monoisotopic (exact) mass is 490 g/mol. The van der Waals surface area contributed by atoms with Crippen LogP contribution in [0.25, 0.3) is 0 Å². The highest BCUT2D eigenvalue weighted by molar-refractivity contribution is 7.89. The van der Waals surface area contributed by atoms with Gasteiger partial charge < -0.3 is 10.2 Å². The lowest BCUT2D eigenvalue weighted by atomic mass is 10.1.